The van der Waals surface area contributed by atoms with E-state index in [4.69, 9.17) is 14.3 Å². The predicted octanol–water partition coefficient (Wildman–Crippen LogP) is 3.28. The molecule has 0 saturated heterocycles. The van der Waals surface area contributed by atoms with Gasteiger partial charge in [-0.05, 0) is 55.3 Å². The smallest absolute Gasteiger partial charge is 0.335 e. The fraction of sp³-hybridized carbons (Fsp3) is 0.250. The first-order chi connectivity index (χ1) is 12.8. The van der Waals surface area contributed by atoms with Crippen LogP contribution in [-0.4, -0.2) is 47.6 Å². The number of oxazole rings is 1. The minimum atomic E-state index is -1.01. The molecule has 2 aromatic carbocycles. The Morgan fingerprint density at radius 3 is 2.41 bits per heavy atom. The van der Waals surface area contributed by atoms with Crippen LogP contribution in [0.4, 0.5) is 0 Å². The van der Waals surface area contributed by atoms with E-state index in [1.807, 2.05) is 26.0 Å². The van der Waals surface area contributed by atoms with Crippen LogP contribution in [0.15, 0.2) is 34.7 Å². The number of ether oxygens (including phenoxy) is 1. The molecule has 3 rings (SSSR count). The van der Waals surface area contributed by atoms with Crippen LogP contribution in [0.3, 0.4) is 0 Å². The fourth-order valence-electron chi connectivity index (χ4n) is 2.79. The highest BCUT2D eigenvalue weighted by Gasteiger charge is 2.16. The maximum atomic E-state index is 11.7. The standard InChI is InChI=1S/C20H20N2O5/c1-11-7-14(26-10-17(23)22(3)4)8-12(2)18(11)19-21-15-9-13(20(24)25)5-6-16(15)27-19/h5-9H,10H2,1-4H3,(H,24,25). The maximum absolute atomic E-state index is 11.7. The Morgan fingerprint density at radius 2 is 1.81 bits per heavy atom. The molecule has 3 aromatic rings. The topological polar surface area (TPSA) is 92.9 Å². The van der Waals surface area contributed by atoms with E-state index in [2.05, 4.69) is 4.98 Å². The molecule has 0 atom stereocenters. The molecule has 0 radical (unpaired) electrons. The highest BCUT2D eigenvalue weighted by Crippen LogP contribution is 2.32. The number of carboxylic acids is 1. The van der Waals surface area contributed by atoms with Gasteiger partial charge < -0.3 is 19.2 Å². The quantitative estimate of drug-likeness (QED) is 0.743. The summed E-state index contributed by atoms with van der Waals surface area (Å²) in [6, 6.07) is 8.22. The van der Waals surface area contributed by atoms with Crippen LogP contribution in [0, 0.1) is 13.8 Å². The molecule has 1 aromatic heterocycles. The van der Waals surface area contributed by atoms with Gasteiger partial charge in [-0.1, -0.05) is 0 Å². The molecular weight excluding hydrogens is 348 g/mol. The number of carbonyl (C=O) groups is 2. The summed E-state index contributed by atoms with van der Waals surface area (Å²) in [6.07, 6.45) is 0. The Morgan fingerprint density at radius 1 is 1.15 bits per heavy atom. The molecule has 1 amide bonds. The number of rotatable bonds is 5. The van der Waals surface area contributed by atoms with E-state index in [1.54, 1.807) is 20.2 Å². The van der Waals surface area contributed by atoms with Gasteiger partial charge in [-0.2, -0.15) is 0 Å². The lowest BCUT2D eigenvalue weighted by atomic mass is 10.0. The van der Waals surface area contributed by atoms with Crippen LogP contribution >= 0.6 is 0 Å². The van der Waals surface area contributed by atoms with Crippen molar-refractivity contribution in [3.63, 3.8) is 0 Å². The highest BCUT2D eigenvalue weighted by molar-refractivity contribution is 5.92. The number of aryl methyl sites for hydroxylation is 2. The SMILES string of the molecule is Cc1cc(OCC(=O)N(C)C)cc(C)c1-c1nc2cc(C(=O)O)ccc2o1. The Balaban J connectivity index is 1.93. The summed E-state index contributed by atoms with van der Waals surface area (Å²) in [5, 5.41) is 9.11. The van der Waals surface area contributed by atoms with E-state index in [1.165, 1.54) is 17.0 Å². The van der Waals surface area contributed by atoms with Crippen LogP contribution in [0.1, 0.15) is 21.5 Å². The molecule has 0 aliphatic carbocycles. The van der Waals surface area contributed by atoms with Gasteiger partial charge in [-0.15, -0.1) is 0 Å². The fourth-order valence-corrected chi connectivity index (χ4v) is 2.79. The van der Waals surface area contributed by atoms with Gasteiger partial charge >= 0.3 is 5.97 Å². The summed E-state index contributed by atoms with van der Waals surface area (Å²) >= 11 is 0. The third kappa shape index (κ3) is 3.76. The largest absolute Gasteiger partial charge is 0.484 e. The molecule has 0 unspecified atom stereocenters. The number of benzene rings is 2. The summed E-state index contributed by atoms with van der Waals surface area (Å²) in [6.45, 7) is 3.77. The molecule has 0 bridgehead atoms. The number of carbonyl (C=O) groups excluding carboxylic acids is 1. The van der Waals surface area contributed by atoms with E-state index in [0.717, 1.165) is 16.7 Å². The molecule has 7 heteroatoms. The summed E-state index contributed by atoms with van der Waals surface area (Å²) < 4.78 is 11.4. The van der Waals surface area contributed by atoms with E-state index in [-0.39, 0.29) is 18.1 Å². The van der Waals surface area contributed by atoms with Crippen molar-refractivity contribution in [2.45, 2.75) is 13.8 Å². The average Bonchev–Trinajstić information content (AvgIpc) is 3.01. The third-order valence-electron chi connectivity index (χ3n) is 4.22. The average molecular weight is 368 g/mol. The number of likely N-dealkylation sites (N-methyl/N-ethyl adjacent to an activating group) is 1. The molecule has 1 heterocycles. The van der Waals surface area contributed by atoms with Crippen LogP contribution in [-0.2, 0) is 4.79 Å². The zero-order valence-electron chi connectivity index (χ0n) is 15.6. The number of amides is 1. The number of hydrogen-bond donors (Lipinski definition) is 1. The van der Waals surface area contributed by atoms with Crippen molar-refractivity contribution in [2.24, 2.45) is 0 Å². The minimum Gasteiger partial charge on any atom is -0.484 e. The number of aromatic nitrogens is 1. The normalized spacial score (nSPS) is 10.8. The van der Waals surface area contributed by atoms with Gasteiger partial charge in [0.05, 0.1) is 5.56 Å². The van der Waals surface area contributed by atoms with E-state index < -0.39 is 5.97 Å². The molecule has 0 aliphatic rings. The lowest BCUT2D eigenvalue weighted by Crippen LogP contribution is -2.27. The predicted molar refractivity (Wildman–Crippen MR) is 100 cm³/mol. The van der Waals surface area contributed by atoms with E-state index in [0.29, 0.717) is 22.7 Å². The number of nitrogens with zero attached hydrogens (tertiary/aromatic N) is 2. The van der Waals surface area contributed by atoms with Gasteiger partial charge in [0.15, 0.2) is 12.2 Å². The molecule has 27 heavy (non-hydrogen) atoms. The van der Waals surface area contributed by atoms with Gasteiger partial charge in [0, 0.05) is 19.7 Å². The molecule has 1 N–H and O–H groups in total. The highest BCUT2D eigenvalue weighted by atomic mass is 16.5. The molecule has 7 nitrogen and oxygen atoms in total. The van der Waals surface area contributed by atoms with Crippen molar-refractivity contribution in [2.75, 3.05) is 20.7 Å². The molecule has 0 fully saturated rings. The van der Waals surface area contributed by atoms with Gasteiger partial charge in [-0.3, -0.25) is 4.79 Å². The second-order valence-electron chi connectivity index (χ2n) is 6.52. The Labute approximate surface area is 156 Å². The zero-order valence-corrected chi connectivity index (χ0v) is 15.6. The molecule has 140 valence electrons. The van der Waals surface area contributed by atoms with Gasteiger partial charge in [0.2, 0.25) is 5.89 Å². The molecule has 0 aliphatic heterocycles. The Bertz CT molecular complexity index is 1010. The summed E-state index contributed by atoms with van der Waals surface area (Å²) in [5.41, 5.74) is 3.74. The minimum absolute atomic E-state index is 0.0356. The van der Waals surface area contributed by atoms with Crippen LogP contribution in [0.25, 0.3) is 22.6 Å². The van der Waals surface area contributed by atoms with Crippen molar-refractivity contribution in [3.8, 4) is 17.2 Å². The van der Waals surface area contributed by atoms with Gasteiger partial charge in [0.1, 0.15) is 11.3 Å². The number of aromatic carboxylic acids is 1. The van der Waals surface area contributed by atoms with Crippen molar-refractivity contribution >= 4 is 23.0 Å². The Hall–Kier alpha value is -3.35. The third-order valence-corrected chi connectivity index (χ3v) is 4.22. The first-order valence-corrected chi connectivity index (χ1v) is 8.34. The Kier molecular flexibility index (Phi) is 4.85. The monoisotopic (exact) mass is 368 g/mol. The first-order valence-electron chi connectivity index (χ1n) is 8.34. The van der Waals surface area contributed by atoms with Gasteiger partial charge in [-0.25, -0.2) is 9.78 Å². The summed E-state index contributed by atoms with van der Waals surface area (Å²) in [5.74, 6) is -0.128. The maximum Gasteiger partial charge on any atom is 0.335 e. The summed E-state index contributed by atoms with van der Waals surface area (Å²) in [4.78, 5) is 28.7. The lowest BCUT2D eigenvalue weighted by molar-refractivity contribution is -0.130. The van der Waals surface area contributed by atoms with Crippen LogP contribution < -0.4 is 4.74 Å². The number of carboxylic acid groups (broad SMARTS) is 1. The lowest BCUT2D eigenvalue weighted by Gasteiger charge is -2.13. The molecule has 0 spiro atoms. The van der Waals surface area contributed by atoms with Crippen molar-refractivity contribution in [1.82, 2.24) is 9.88 Å². The van der Waals surface area contributed by atoms with E-state index in [9.17, 15) is 9.59 Å². The second-order valence-corrected chi connectivity index (χ2v) is 6.52. The molecule has 0 saturated carbocycles. The molecular formula is C20H20N2O5. The van der Waals surface area contributed by atoms with Gasteiger partial charge in [0.25, 0.3) is 5.91 Å². The van der Waals surface area contributed by atoms with Crippen molar-refractivity contribution in [3.05, 3.63) is 47.0 Å². The van der Waals surface area contributed by atoms with E-state index >= 15 is 0 Å². The van der Waals surface area contributed by atoms with Crippen molar-refractivity contribution < 1.29 is 23.8 Å². The summed E-state index contributed by atoms with van der Waals surface area (Å²) in [7, 11) is 3.35. The van der Waals surface area contributed by atoms with Crippen LogP contribution in [0.2, 0.25) is 0 Å². The van der Waals surface area contributed by atoms with Crippen molar-refractivity contribution in [1.29, 1.82) is 0 Å². The second kappa shape index (κ2) is 7.11. The zero-order chi connectivity index (χ0) is 19.7. The number of fused-ring (bicyclic) bond motifs is 1. The van der Waals surface area contributed by atoms with Crippen LogP contribution in [0.5, 0.6) is 5.75 Å². The number of hydrogen-bond acceptors (Lipinski definition) is 5. The first kappa shape index (κ1) is 18.4.